The number of carbonyl (C=O) groups is 1. The Bertz CT molecular complexity index is 1550. The summed E-state index contributed by atoms with van der Waals surface area (Å²) in [7, 11) is -3.93. The molecule has 0 aliphatic carbocycles. The van der Waals surface area contributed by atoms with E-state index in [1.54, 1.807) is 6.07 Å². The van der Waals surface area contributed by atoms with Crippen molar-refractivity contribution in [1.82, 2.24) is 9.29 Å². The van der Waals surface area contributed by atoms with Gasteiger partial charge in [-0.3, -0.25) is 9.59 Å². The summed E-state index contributed by atoms with van der Waals surface area (Å²) in [5.41, 5.74) is 4.30. The third-order valence-corrected chi connectivity index (χ3v) is 8.00. The largest absolute Gasteiger partial charge is 0.321 e. The van der Waals surface area contributed by atoms with Crippen LogP contribution in [0.25, 0.3) is 10.9 Å². The SMILES string of the molecule is CC(=O)c1ccc(S(=O)(=O)N(CCc2cccc(C)c2)Cc2cc3cccc(C)c3[nH]c2=O)cc1. The first-order valence-electron chi connectivity index (χ1n) is 11.4. The summed E-state index contributed by atoms with van der Waals surface area (Å²) in [6.07, 6.45) is 0.497. The van der Waals surface area contributed by atoms with Crippen LogP contribution < -0.4 is 5.56 Å². The molecule has 0 fully saturated rings. The van der Waals surface area contributed by atoms with Crippen molar-refractivity contribution in [2.45, 2.75) is 38.6 Å². The second-order valence-corrected chi connectivity index (χ2v) is 10.8. The summed E-state index contributed by atoms with van der Waals surface area (Å²) in [6, 6.07) is 21.3. The summed E-state index contributed by atoms with van der Waals surface area (Å²) in [4.78, 5) is 27.5. The van der Waals surface area contributed by atoms with Gasteiger partial charge in [0.2, 0.25) is 10.0 Å². The zero-order valence-corrected chi connectivity index (χ0v) is 20.9. The van der Waals surface area contributed by atoms with Gasteiger partial charge < -0.3 is 4.98 Å². The lowest BCUT2D eigenvalue weighted by molar-refractivity contribution is 0.101. The molecule has 4 rings (SSSR count). The van der Waals surface area contributed by atoms with Crippen molar-refractivity contribution in [3.8, 4) is 0 Å². The number of sulfonamides is 1. The predicted molar refractivity (Wildman–Crippen MR) is 138 cm³/mol. The third-order valence-electron chi connectivity index (χ3n) is 6.14. The molecule has 6 nitrogen and oxygen atoms in total. The Labute approximate surface area is 205 Å². The Balaban J connectivity index is 1.72. The summed E-state index contributed by atoms with van der Waals surface area (Å²) in [6.45, 7) is 5.48. The van der Waals surface area contributed by atoms with Crippen LogP contribution in [-0.2, 0) is 23.0 Å². The minimum atomic E-state index is -3.93. The lowest BCUT2D eigenvalue weighted by atomic mass is 10.1. The van der Waals surface area contributed by atoms with Crippen molar-refractivity contribution < 1.29 is 13.2 Å². The Morgan fingerprint density at radius 2 is 1.66 bits per heavy atom. The zero-order chi connectivity index (χ0) is 25.2. The standard InChI is InChI=1S/C28H28N2O4S/c1-19-6-4-8-22(16-19)14-15-30(35(33,34)26-12-10-23(11-13-26)21(3)31)18-25-17-24-9-5-7-20(2)27(24)29-28(25)32/h4-13,16-17H,14-15,18H2,1-3H3,(H,29,32). The number of H-pyrrole nitrogens is 1. The molecule has 0 unspecified atom stereocenters. The number of para-hydroxylation sites is 1. The van der Waals surface area contributed by atoms with Gasteiger partial charge in [-0.1, -0.05) is 60.2 Å². The van der Waals surface area contributed by atoms with E-state index in [-0.39, 0.29) is 29.3 Å². The summed E-state index contributed by atoms with van der Waals surface area (Å²) in [5, 5.41) is 0.849. The molecule has 0 radical (unpaired) electrons. The molecule has 180 valence electrons. The lowest BCUT2D eigenvalue weighted by Gasteiger charge is -2.22. The highest BCUT2D eigenvalue weighted by Gasteiger charge is 2.26. The average Bonchev–Trinajstić information content (AvgIpc) is 2.82. The first kappa shape index (κ1) is 24.6. The molecule has 1 aromatic heterocycles. The average molecular weight is 489 g/mol. The molecule has 0 aliphatic rings. The second-order valence-electron chi connectivity index (χ2n) is 8.82. The van der Waals surface area contributed by atoms with Gasteiger partial charge in [-0.15, -0.1) is 0 Å². The molecule has 0 saturated carbocycles. The van der Waals surface area contributed by atoms with Crippen LogP contribution in [0.1, 0.15) is 39.5 Å². The van der Waals surface area contributed by atoms with Crippen LogP contribution in [0, 0.1) is 13.8 Å². The van der Waals surface area contributed by atoms with Gasteiger partial charge in [0.1, 0.15) is 0 Å². The Morgan fingerprint density at radius 3 is 2.34 bits per heavy atom. The maximum atomic E-state index is 13.7. The van der Waals surface area contributed by atoms with Crippen LogP contribution in [0.3, 0.4) is 0 Å². The van der Waals surface area contributed by atoms with Crippen LogP contribution in [0.2, 0.25) is 0 Å². The quantitative estimate of drug-likeness (QED) is 0.362. The number of pyridine rings is 1. The molecule has 7 heteroatoms. The maximum absolute atomic E-state index is 13.7. The summed E-state index contributed by atoms with van der Waals surface area (Å²) >= 11 is 0. The second kappa shape index (κ2) is 9.98. The fraction of sp³-hybridized carbons (Fsp3) is 0.214. The van der Waals surface area contributed by atoms with E-state index in [0.717, 1.165) is 27.6 Å². The third kappa shape index (κ3) is 5.42. The number of carbonyl (C=O) groups excluding carboxylic acids is 1. The first-order chi connectivity index (χ1) is 16.6. The Kier molecular flexibility index (Phi) is 7.00. The molecule has 35 heavy (non-hydrogen) atoms. The maximum Gasteiger partial charge on any atom is 0.252 e. The van der Waals surface area contributed by atoms with Gasteiger partial charge in [0.25, 0.3) is 5.56 Å². The highest BCUT2D eigenvalue weighted by molar-refractivity contribution is 7.89. The molecule has 0 saturated heterocycles. The van der Waals surface area contributed by atoms with Gasteiger partial charge in [0.05, 0.1) is 10.4 Å². The highest BCUT2D eigenvalue weighted by atomic mass is 32.2. The van der Waals surface area contributed by atoms with Crippen molar-refractivity contribution in [3.63, 3.8) is 0 Å². The number of hydrogen-bond donors (Lipinski definition) is 1. The van der Waals surface area contributed by atoms with E-state index in [1.165, 1.54) is 35.5 Å². The number of benzene rings is 3. The van der Waals surface area contributed by atoms with Gasteiger partial charge in [0, 0.05) is 24.2 Å². The number of aryl methyl sites for hydroxylation is 2. The fourth-order valence-electron chi connectivity index (χ4n) is 4.15. The zero-order valence-electron chi connectivity index (χ0n) is 20.0. The van der Waals surface area contributed by atoms with Crippen molar-refractivity contribution >= 4 is 26.7 Å². The molecule has 3 aromatic carbocycles. The molecule has 1 heterocycles. The van der Waals surface area contributed by atoms with Crippen LogP contribution in [0.4, 0.5) is 0 Å². The Hall–Kier alpha value is -3.55. The molecular formula is C28H28N2O4S. The first-order valence-corrected chi connectivity index (χ1v) is 12.9. The molecule has 0 amide bonds. The van der Waals surface area contributed by atoms with Gasteiger partial charge in [-0.05, 0) is 61.9 Å². The molecule has 0 spiro atoms. The van der Waals surface area contributed by atoms with E-state index >= 15 is 0 Å². The lowest BCUT2D eigenvalue weighted by Crippen LogP contribution is -2.34. The Morgan fingerprint density at radius 1 is 0.943 bits per heavy atom. The van der Waals surface area contributed by atoms with Gasteiger partial charge >= 0.3 is 0 Å². The van der Waals surface area contributed by atoms with Crippen LogP contribution in [0.15, 0.2) is 82.5 Å². The number of nitrogens with zero attached hydrogens (tertiary/aromatic N) is 1. The smallest absolute Gasteiger partial charge is 0.252 e. The summed E-state index contributed by atoms with van der Waals surface area (Å²) < 4.78 is 28.7. The number of nitrogens with one attached hydrogen (secondary N) is 1. The fourth-order valence-corrected chi connectivity index (χ4v) is 5.57. The van der Waals surface area contributed by atoms with E-state index in [2.05, 4.69) is 4.98 Å². The van der Waals surface area contributed by atoms with Crippen LogP contribution >= 0.6 is 0 Å². The van der Waals surface area contributed by atoms with Crippen molar-refractivity contribution in [3.05, 3.63) is 111 Å². The van der Waals surface area contributed by atoms with E-state index in [0.29, 0.717) is 17.5 Å². The number of rotatable bonds is 8. The monoisotopic (exact) mass is 488 g/mol. The number of Topliss-reactive ketones (excluding diaryl/α,β-unsaturated/α-hetero) is 1. The normalized spacial score (nSPS) is 11.8. The molecule has 0 aliphatic heterocycles. The van der Waals surface area contributed by atoms with E-state index < -0.39 is 10.0 Å². The van der Waals surface area contributed by atoms with Crippen molar-refractivity contribution in [1.29, 1.82) is 0 Å². The number of fused-ring (bicyclic) bond motifs is 1. The van der Waals surface area contributed by atoms with E-state index in [9.17, 15) is 18.0 Å². The molecule has 1 N–H and O–H groups in total. The molecule has 0 atom stereocenters. The van der Waals surface area contributed by atoms with E-state index in [4.69, 9.17) is 0 Å². The number of ketones is 1. The topological polar surface area (TPSA) is 87.3 Å². The summed E-state index contributed by atoms with van der Waals surface area (Å²) in [5.74, 6) is -0.136. The van der Waals surface area contributed by atoms with E-state index in [1.807, 2.05) is 56.3 Å². The number of aromatic nitrogens is 1. The van der Waals surface area contributed by atoms with Crippen molar-refractivity contribution in [2.75, 3.05) is 6.54 Å². The van der Waals surface area contributed by atoms with Gasteiger partial charge in [0.15, 0.2) is 5.78 Å². The van der Waals surface area contributed by atoms with Crippen molar-refractivity contribution in [2.24, 2.45) is 0 Å². The minimum absolute atomic E-state index is 0.0676. The van der Waals surface area contributed by atoms with Gasteiger partial charge in [-0.25, -0.2) is 8.42 Å². The highest BCUT2D eigenvalue weighted by Crippen LogP contribution is 2.21. The molecular weight excluding hydrogens is 460 g/mol. The number of aromatic amines is 1. The van der Waals surface area contributed by atoms with Crippen LogP contribution in [0.5, 0.6) is 0 Å². The van der Waals surface area contributed by atoms with Crippen LogP contribution in [-0.4, -0.2) is 30.0 Å². The number of hydrogen-bond acceptors (Lipinski definition) is 4. The molecule has 4 aromatic rings. The predicted octanol–water partition coefficient (Wildman–Crippen LogP) is 4.78. The minimum Gasteiger partial charge on any atom is -0.321 e. The molecule has 0 bridgehead atoms. The van der Waals surface area contributed by atoms with Gasteiger partial charge in [-0.2, -0.15) is 4.31 Å².